The average Bonchev–Trinajstić information content (AvgIpc) is 2.71. The highest BCUT2D eigenvalue weighted by molar-refractivity contribution is 7.89. The van der Waals surface area contributed by atoms with Crippen molar-refractivity contribution in [1.82, 2.24) is 14.1 Å². The van der Waals surface area contributed by atoms with E-state index in [2.05, 4.69) is 18.1 Å². The molecule has 12 heteroatoms. The highest BCUT2D eigenvalue weighted by Crippen LogP contribution is 2.37. The van der Waals surface area contributed by atoms with E-state index < -0.39 is 38.4 Å². The largest absolute Gasteiger partial charge is 0.416 e. The zero-order chi connectivity index (χ0) is 24.2. The summed E-state index contributed by atoms with van der Waals surface area (Å²) in [6, 6.07) is 0.411. The molecule has 1 heterocycles. The SMILES string of the molecule is C=CCN(CC=C)CCN1CCN(S(=O)(=O)c2cc(C(F)(F)F)cc(C(F)(F)F)c2)CC1. The molecule has 0 amide bonds. The van der Waals surface area contributed by atoms with Crippen LogP contribution >= 0.6 is 0 Å². The Bertz CT molecular complexity index is 865. The van der Waals surface area contributed by atoms with E-state index in [0.29, 0.717) is 39.3 Å². The van der Waals surface area contributed by atoms with Crippen molar-refractivity contribution in [2.45, 2.75) is 17.2 Å². The third-order valence-corrected chi connectivity index (χ3v) is 6.91. The zero-order valence-electron chi connectivity index (χ0n) is 17.3. The number of alkyl halides is 6. The molecule has 0 spiro atoms. The molecule has 1 aliphatic heterocycles. The van der Waals surface area contributed by atoms with Gasteiger partial charge in [0.05, 0.1) is 16.0 Å². The van der Waals surface area contributed by atoms with Crippen LogP contribution in [0, 0.1) is 0 Å². The molecule has 0 saturated carbocycles. The Morgan fingerprint density at radius 3 is 1.75 bits per heavy atom. The molecule has 0 N–H and O–H groups in total. The van der Waals surface area contributed by atoms with Crippen LogP contribution in [0.5, 0.6) is 0 Å². The first kappa shape index (κ1) is 26.4. The molecule has 0 aliphatic carbocycles. The number of rotatable bonds is 9. The fourth-order valence-corrected chi connectivity index (χ4v) is 4.82. The third-order valence-electron chi connectivity index (χ3n) is 5.04. The summed E-state index contributed by atoms with van der Waals surface area (Å²) in [5.74, 6) is 0. The van der Waals surface area contributed by atoms with Gasteiger partial charge in [-0.1, -0.05) is 12.2 Å². The Morgan fingerprint density at radius 2 is 1.34 bits per heavy atom. The van der Waals surface area contributed by atoms with Crippen LogP contribution in [0.1, 0.15) is 11.1 Å². The van der Waals surface area contributed by atoms with Crippen LogP contribution in [0.2, 0.25) is 0 Å². The van der Waals surface area contributed by atoms with E-state index in [1.165, 1.54) is 0 Å². The molecule has 0 atom stereocenters. The lowest BCUT2D eigenvalue weighted by atomic mass is 10.1. The van der Waals surface area contributed by atoms with Gasteiger partial charge in [-0.2, -0.15) is 30.6 Å². The molecule has 1 aromatic carbocycles. The second kappa shape index (κ2) is 10.4. The summed E-state index contributed by atoms with van der Waals surface area (Å²) < 4.78 is 105. The first-order chi connectivity index (χ1) is 14.8. The minimum absolute atomic E-state index is 0.0388. The summed E-state index contributed by atoms with van der Waals surface area (Å²) in [4.78, 5) is 3.04. The lowest BCUT2D eigenvalue weighted by Gasteiger charge is -2.35. The Balaban J connectivity index is 2.15. The number of hydrogen-bond donors (Lipinski definition) is 0. The maximum atomic E-state index is 13.1. The van der Waals surface area contributed by atoms with Crippen molar-refractivity contribution >= 4 is 10.0 Å². The molecular formula is C20H25F6N3O2S. The summed E-state index contributed by atoms with van der Waals surface area (Å²) in [6.45, 7) is 10.5. The van der Waals surface area contributed by atoms with Crippen LogP contribution < -0.4 is 0 Å². The van der Waals surface area contributed by atoms with Gasteiger partial charge in [0.25, 0.3) is 0 Å². The summed E-state index contributed by atoms with van der Waals surface area (Å²) in [6.07, 6.45) is -6.74. The molecule has 1 saturated heterocycles. The Morgan fingerprint density at radius 1 is 0.875 bits per heavy atom. The van der Waals surface area contributed by atoms with E-state index in [0.717, 1.165) is 4.31 Å². The number of benzene rings is 1. The monoisotopic (exact) mass is 485 g/mol. The molecule has 5 nitrogen and oxygen atoms in total. The third kappa shape index (κ3) is 6.80. The van der Waals surface area contributed by atoms with Gasteiger partial charge in [0.15, 0.2) is 0 Å². The summed E-state index contributed by atoms with van der Waals surface area (Å²) in [5.41, 5.74) is -3.32. The lowest BCUT2D eigenvalue weighted by Crippen LogP contribution is -2.50. The molecule has 1 aromatic rings. The first-order valence-electron chi connectivity index (χ1n) is 9.75. The van der Waals surface area contributed by atoms with Crippen molar-refractivity contribution in [3.63, 3.8) is 0 Å². The van der Waals surface area contributed by atoms with Gasteiger partial charge in [0.2, 0.25) is 10.0 Å². The van der Waals surface area contributed by atoms with Crippen LogP contribution in [-0.4, -0.2) is 74.9 Å². The van der Waals surface area contributed by atoms with E-state index in [1.54, 1.807) is 12.2 Å². The van der Waals surface area contributed by atoms with Gasteiger partial charge in [0.1, 0.15) is 0 Å². The van der Waals surface area contributed by atoms with Crippen LogP contribution in [-0.2, 0) is 22.4 Å². The highest BCUT2D eigenvalue weighted by Gasteiger charge is 2.39. The van der Waals surface area contributed by atoms with Crippen molar-refractivity contribution < 1.29 is 34.8 Å². The molecule has 180 valence electrons. The molecule has 0 radical (unpaired) electrons. The van der Waals surface area contributed by atoms with Crippen molar-refractivity contribution in [2.24, 2.45) is 0 Å². The highest BCUT2D eigenvalue weighted by atomic mass is 32.2. The number of nitrogens with zero attached hydrogens (tertiary/aromatic N) is 3. The van der Waals surface area contributed by atoms with Crippen LogP contribution in [0.15, 0.2) is 48.4 Å². The van der Waals surface area contributed by atoms with Crippen LogP contribution in [0.4, 0.5) is 26.3 Å². The van der Waals surface area contributed by atoms with E-state index in [4.69, 9.17) is 0 Å². The summed E-state index contributed by atoms with van der Waals surface area (Å²) in [5, 5.41) is 0. The van der Waals surface area contributed by atoms with Gasteiger partial charge in [-0.15, -0.1) is 13.2 Å². The number of piperazine rings is 1. The number of hydrogen-bond acceptors (Lipinski definition) is 4. The van der Waals surface area contributed by atoms with Gasteiger partial charge in [-0.05, 0) is 18.2 Å². The fourth-order valence-electron chi connectivity index (χ4n) is 3.32. The molecular weight excluding hydrogens is 460 g/mol. The van der Waals surface area contributed by atoms with E-state index in [-0.39, 0.29) is 31.3 Å². The average molecular weight is 485 g/mol. The van der Waals surface area contributed by atoms with Gasteiger partial charge in [-0.3, -0.25) is 9.80 Å². The molecule has 1 fully saturated rings. The van der Waals surface area contributed by atoms with Crippen molar-refractivity contribution in [1.29, 1.82) is 0 Å². The van der Waals surface area contributed by atoms with Crippen molar-refractivity contribution in [2.75, 3.05) is 52.4 Å². The Hall–Kier alpha value is -1.89. The standard InChI is InChI=1S/C20H25F6N3O2S/c1-3-5-27(6-4-2)7-8-28-9-11-29(12-10-28)32(30,31)18-14-16(19(21,22)23)13-17(15-18)20(24,25)26/h3-4,13-15H,1-2,5-12H2. The van der Waals surface area contributed by atoms with E-state index in [9.17, 15) is 34.8 Å². The Kier molecular flexibility index (Phi) is 8.54. The maximum absolute atomic E-state index is 13.1. The fraction of sp³-hybridized carbons (Fsp3) is 0.500. The summed E-state index contributed by atoms with van der Waals surface area (Å²) in [7, 11) is -4.53. The van der Waals surface area contributed by atoms with Crippen molar-refractivity contribution in [3.8, 4) is 0 Å². The van der Waals surface area contributed by atoms with E-state index in [1.807, 2.05) is 4.90 Å². The number of halogens is 6. The predicted molar refractivity (Wildman–Crippen MR) is 108 cm³/mol. The van der Waals surface area contributed by atoms with Gasteiger partial charge in [-0.25, -0.2) is 8.42 Å². The summed E-state index contributed by atoms with van der Waals surface area (Å²) >= 11 is 0. The van der Waals surface area contributed by atoms with E-state index >= 15 is 0 Å². The molecule has 0 unspecified atom stereocenters. The molecule has 2 rings (SSSR count). The maximum Gasteiger partial charge on any atom is 0.416 e. The van der Waals surface area contributed by atoms with Crippen LogP contribution in [0.25, 0.3) is 0 Å². The minimum Gasteiger partial charge on any atom is -0.299 e. The van der Waals surface area contributed by atoms with Gasteiger partial charge >= 0.3 is 12.4 Å². The topological polar surface area (TPSA) is 43.9 Å². The predicted octanol–water partition coefficient (Wildman–Crippen LogP) is 3.70. The molecule has 32 heavy (non-hydrogen) atoms. The second-order valence-corrected chi connectivity index (χ2v) is 9.26. The van der Waals surface area contributed by atoms with Crippen molar-refractivity contribution in [3.05, 3.63) is 54.6 Å². The molecule has 0 aromatic heterocycles. The molecule has 0 bridgehead atoms. The smallest absolute Gasteiger partial charge is 0.299 e. The Labute approximate surface area is 183 Å². The number of sulfonamides is 1. The second-order valence-electron chi connectivity index (χ2n) is 7.32. The zero-order valence-corrected chi connectivity index (χ0v) is 18.1. The molecule has 1 aliphatic rings. The van der Waals surface area contributed by atoms with Crippen LogP contribution in [0.3, 0.4) is 0 Å². The quantitative estimate of drug-likeness (QED) is 0.395. The van der Waals surface area contributed by atoms with Gasteiger partial charge < -0.3 is 0 Å². The van der Waals surface area contributed by atoms with Gasteiger partial charge in [0, 0.05) is 52.4 Å². The minimum atomic E-state index is -5.12. The first-order valence-corrected chi connectivity index (χ1v) is 11.2. The lowest BCUT2D eigenvalue weighted by molar-refractivity contribution is -0.143. The normalized spacial score (nSPS) is 17.0.